The van der Waals surface area contributed by atoms with Crippen LogP contribution in [-0.4, -0.2) is 33.9 Å². The van der Waals surface area contributed by atoms with Crippen molar-refractivity contribution in [2.24, 2.45) is 0 Å². The van der Waals surface area contributed by atoms with E-state index in [1.165, 1.54) is 40.8 Å². The van der Waals surface area contributed by atoms with Crippen LogP contribution in [-0.2, 0) is 22.4 Å². The van der Waals surface area contributed by atoms with Gasteiger partial charge in [0.05, 0.1) is 15.2 Å². The van der Waals surface area contributed by atoms with Crippen LogP contribution in [0.15, 0.2) is 72.8 Å². The van der Waals surface area contributed by atoms with E-state index < -0.39 is 5.60 Å². The summed E-state index contributed by atoms with van der Waals surface area (Å²) in [4.78, 5) is 26.5. The number of rotatable bonds is 9. The van der Waals surface area contributed by atoms with E-state index in [-0.39, 0.29) is 11.9 Å². The molecule has 0 aliphatic rings. The second kappa shape index (κ2) is 13.3. The fourth-order valence-electron chi connectivity index (χ4n) is 3.91. The van der Waals surface area contributed by atoms with Crippen LogP contribution in [0.3, 0.4) is 0 Å². The van der Waals surface area contributed by atoms with Crippen molar-refractivity contribution < 1.29 is 14.7 Å². The summed E-state index contributed by atoms with van der Waals surface area (Å²) in [6.07, 6.45) is 3.65. The summed E-state index contributed by atoms with van der Waals surface area (Å²) in [6.45, 7) is 6.97. The number of benzene rings is 3. The Bertz CT molecular complexity index is 1290. The molecule has 6 heteroatoms. The number of carbonyl (C=O) groups is 2. The number of thiazole rings is 1. The molecule has 37 heavy (non-hydrogen) atoms. The normalized spacial score (nSPS) is 11.9. The van der Waals surface area contributed by atoms with E-state index in [1.54, 1.807) is 11.3 Å². The highest BCUT2D eigenvalue weighted by Crippen LogP contribution is 2.23. The van der Waals surface area contributed by atoms with Gasteiger partial charge in [0, 0.05) is 12.5 Å². The molecule has 0 bridgehead atoms. The molecular weight excluding hydrogens is 480 g/mol. The number of aryl methyl sites for hydroxylation is 2. The summed E-state index contributed by atoms with van der Waals surface area (Å²) >= 11 is 1.72. The molecule has 194 valence electrons. The molecule has 0 saturated heterocycles. The fraction of sp³-hybridized carbons (Fsp3) is 0.323. The van der Waals surface area contributed by atoms with Gasteiger partial charge < -0.3 is 15.2 Å². The molecule has 2 N–H and O–H groups in total. The van der Waals surface area contributed by atoms with E-state index in [1.807, 2.05) is 13.0 Å². The number of aliphatic hydroxyl groups is 1. The zero-order valence-corrected chi connectivity index (χ0v) is 22.8. The maximum atomic E-state index is 12.4. The molecule has 1 heterocycles. The van der Waals surface area contributed by atoms with E-state index in [9.17, 15) is 9.59 Å². The van der Waals surface area contributed by atoms with E-state index in [2.05, 4.69) is 84.0 Å². The second-order valence-electron chi connectivity index (χ2n) is 9.90. The fourth-order valence-corrected chi connectivity index (χ4v) is 4.80. The summed E-state index contributed by atoms with van der Waals surface area (Å²) < 4.78 is 1.23. The minimum absolute atomic E-state index is 0.117. The molecule has 5 nitrogen and oxygen atoms in total. The summed E-state index contributed by atoms with van der Waals surface area (Å²) in [6, 6.07) is 25.5. The molecule has 0 radical (unpaired) electrons. The number of aldehydes is 1. The van der Waals surface area contributed by atoms with Crippen LogP contribution in [0.4, 0.5) is 0 Å². The minimum Gasteiger partial charge on any atom is -0.383 e. The van der Waals surface area contributed by atoms with Gasteiger partial charge in [-0.15, -0.1) is 11.3 Å². The van der Waals surface area contributed by atoms with Crippen molar-refractivity contribution in [3.8, 4) is 11.1 Å². The van der Waals surface area contributed by atoms with Crippen molar-refractivity contribution >= 4 is 33.7 Å². The number of hydrogen-bond donors (Lipinski definition) is 2. The third kappa shape index (κ3) is 9.56. The number of amides is 1. The molecule has 0 spiro atoms. The van der Waals surface area contributed by atoms with Crippen LogP contribution >= 0.6 is 11.3 Å². The third-order valence-corrected chi connectivity index (χ3v) is 6.66. The molecule has 1 atom stereocenters. The maximum Gasteiger partial charge on any atom is 0.220 e. The molecule has 1 aromatic heterocycles. The average Bonchev–Trinajstić information content (AvgIpc) is 3.24. The lowest BCUT2D eigenvalue weighted by Gasteiger charge is -2.14. The number of nitrogens with one attached hydrogen (secondary N) is 1. The first kappa shape index (κ1) is 28.2. The van der Waals surface area contributed by atoms with E-state index in [4.69, 9.17) is 5.11 Å². The van der Waals surface area contributed by atoms with Crippen LogP contribution in [0.2, 0.25) is 0 Å². The zero-order chi connectivity index (χ0) is 26.8. The summed E-state index contributed by atoms with van der Waals surface area (Å²) in [7, 11) is 0. The minimum atomic E-state index is -1.14. The van der Waals surface area contributed by atoms with Crippen LogP contribution in [0.5, 0.6) is 0 Å². The lowest BCUT2D eigenvalue weighted by molar-refractivity contribution is -0.122. The van der Waals surface area contributed by atoms with Gasteiger partial charge in [-0.05, 0) is 81.3 Å². The number of hydrogen-bond acceptors (Lipinski definition) is 5. The zero-order valence-electron chi connectivity index (χ0n) is 22.0. The topological polar surface area (TPSA) is 79.3 Å². The highest BCUT2D eigenvalue weighted by Gasteiger charge is 2.10. The Labute approximate surface area is 223 Å². The maximum absolute atomic E-state index is 12.4. The smallest absolute Gasteiger partial charge is 0.220 e. The van der Waals surface area contributed by atoms with Gasteiger partial charge in [-0.3, -0.25) is 4.79 Å². The first-order valence-electron chi connectivity index (χ1n) is 12.6. The Kier molecular flexibility index (Phi) is 10.1. The predicted molar refractivity (Wildman–Crippen MR) is 153 cm³/mol. The number of carbonyl (C=O) groups excluding carboxylic acids is 2. The Morgan fingerprint density at radius 3 is 2.30 bits per heavy atom. The van der Waals surface area contributed by atoms with E-state index in [0.717, 1.165) is 29.8 Å². The van der Waals surface area contributed by atoms with E-state index >= 15 is 0 Å². The van der Waals surface area contributed by atoms with Crippen LogP contribution in [0.25, 0.3) is 21.3 Å². The van der Waals surface area contributed by atoms with Crippen LogP contribution < -0.4 is 5.32 Å². The number of aromatic nitrogens is 1. The first-order valence-corrected chi connectivity index (χ1v) is 13.4. The average molecular weight is 517 g/mol. The first-order chi connectivity index (χ1) is 17.6. The number of nitrogens with zero attached hydrogens (tertiary/aromatic N) is 1. The standard InChI is InChI=1S/C27H28N2OS.C4H8O2/c1-19(17-22-11-14-24(15-12-22)23-8-4-3-5-9-23)28-27(30)10-6-7-21-13-16-25-26(18-21)31-20(2)29-25;1-4(2,6)3-5/h3-5,8-9,11-16,18-19H,6-7,10,17H2,1-2H3,(H,28,30);3,6H,1-2H3. The third-order valence-electron chi connectivity index (χ3n) is 5.73. The predicted octanol–water partition coefficient (Wildman–Crippen LogP) is 6.30. The molecule has 0 aliphatic carbocycles. The van der Waals surface area contributed by atoms with Gasteiger partial charge in [0.1, 0.15) is 5.60 Å². The SMILES string of the molecule is CC(C)(O)C=O.Cc1nc2ccc(CCCC(=O)NC(C)Cc3ccc(-c4ccccc4)cc3)cc2s1. The molecule has 4 rings (SSSR count). The second-order valence-corrected chi connectivity index (χ2v) is 11.1. The van der Waals surface area contributed by atoms with Crippen LogP contribution in [0, 0.1) is 6.92 Å². The Morgan fingerprint density at radius 1 is 1.03 bits per heavy atom. The molecule has 4 aromatic rings. The lowest BCUT2D eigenvalue weighted by atomic mass is 10.0. The van der Waals surface area contributed by atoms with Gasteiger partial charge in [0.15, 0.2) is 6.29 Å². The van der Waals surface area contributed by atoms with Crippen molar-refractivity contribution in [3.05, 3.63) is 88.9 Å². The van der Waals surface area contributed by atoms with Gasteiger partial charge in [-0.2, -0.15) is 0 Å². The monoisotopic (exact) mass is 516 g/mol. The van der Waals surface area contributed by atoms with Gasteiger partial charge in [0.25, 0.3) is 0 Å². The lowest BCUT2D eigenvalue weighted by Crippen LogP contribution is -2.33. The molecule has 0 aliphatic heterocycles. The Morgan fingerprint density at radius 2 is 1.65 bits per heavy atom. The molecule has 1 unspecified atom stereocenters. The van der Waals surface area contributed by atoms with Gasteiger partial charge in [-0.25, -0.2) is 4.98 Å². The van der Waals surface area contributed by atoms with Crippen molar-refractivity contribution in [1.82, 2.24) is 10.3 Å². The molecule has 0 fully saturated rings. The Hall–Kier alpha value is -3.35. The molecular formula is C31H36N2O3S. The highest BCUT2D eigenvalue weighted by molar-refractivity contribution is 7.18. The van der Waals surface area contributed by atoms with Crippen molar-refractivity contribution in [2.45, 2.75) is 65.0 Å². The largest absolute Gasteiger partial charge is 0.383 e. The Balaban J connectivity index is 0.000000568. The summed E-state index contributed by atoms with van der Waals surface area (Å²) in [5.41, 5.74) is 4.87. The molecule has 3 aromatic carbocycles. The van der Waals surface area contributed by atoms with Gasteiger partial charge >= 0.3 is 0 Å². The molecule has 1 amide bonds. The van der Waals surface area contributed by atoms with Crippen molar-refractivity contribution in [2.75, 3.05) is 0 Å². The highest BCUT2D eigenvalue weighted by atomic mass is 32.1. The van der Waals surface area contributed by atoms with Crippen molar-refractivity contribution in [1.29, 1.82) is 0 Å². The number of fused-ring (bicyclic) bond motifs is 1. The van der Waals surface area contributed by atoms with Gasteiger partial charge in [0.2, 0.25) is 5.91 Å². The van der Waals surface area contributed by atoms with Gasteiger partial charge in [-0.1, -0.05) is 60.7 Å². The quantitative estimate of drug-likeness (QED) is 0.256. The van der Waals surface area contributed by atoms with Crippen molar-refractivity contribution in [3.63, 3.8) is 0 Å². The van der Waals surface area contributed by atoms with Crippen LogP contribution in [0.1, 0.15) is 49.7 Å². The summed E-state index contributed by atoms with van der Waals surface area (Å²) in [5.74, 6) is 0.128. The summed E-state index contributed by atoms with van der Waals surface area (Å²) in [5, 5.41) is 12.7. The molecule has 0 saturated carbocycles. The van der Waals surface area contributed by atoms with E-state index in [0.29, 0.717) is 12.7 Å².